The minimum absolute atomic E-state index is 0.672. The Morgan fingerprint density at radius 1 is 1.11 bits per heavy atom. The summed E-state index contributed by atoms with van der Waals surface area (Å²) >= 11 is 0. The van der Waals surface area contributed by atoms with E-state index in [4.69, 9.17) is 0 Å². The summed E-state index contributed by atoms with van der Waals surface area (Å²) in [6.45, 7) is 9.30. The predicted octanol–water partition coefficient (Wildman–Crippen LogP) is 2.51. The molecule has 0 bridgehead atoms. The average molecular weight is 261 g/mol. The molecule has 1 heterocycles. The second-order valence-electron chi connectivity index (χ2n) is 5.77. The first kappa shape index (κ1) is 14.4. The zero-order valence-corrected chi connectivity index (χ0v) is 12.5. The van der Waals surface area contributed by atoms with Gasteiger partial charge in [-0.1, -0.05) is 18.2 Å². The second kappa shape index (κ2) is 6.92. The molecule has 3 nitrogen and oxygen atoms in total. The Morgan fingerprint density at radius 2 is 1.74 bits per heavy atom. The summed E-state index contributed by atoms with van der Waals surface area (Å²) in [5.41, 5.74) is 1.22. The van der Waals surface area contributed by atoms with Crippen LogP contribution in [0.5, 0.6) is 0 Å². The van der Waals surface area contributed by atoms with E-state index in [2.05, 4.69) is 66.3 Å². The van der Waals surface area contributed by atoms with E-state index < -0.39 is 0 Å². The van der Waals surface area contributed by atoms with E-state index in [-0.39, 0.29) is 0 Å². The van der Waals surface area contributed by atoms with Gasteiger partial charge in [-0.15, -0.1) is 0 Å². The van der Waals surface area contributed by atoms with Crippen molar-refractivity contribution in [2.75, 3.05) is 38.5 Å². The van der Waals surface area contributed by atoms with Crippen molar-refractivity contribution in [2.45, 2.75) is 32.4 Å². The molecule has 0 radical (unpaired) electrons. The Balaban J connectivity index is 1.66. The van der Waals surface area contributed by atoms with Crippen molar-refractivity contribution >= 4 is 5.69 Å². The van der Waals surface area contributed by atoms with E-state index in [0.717, 1.165) is 6.54 Å². The summed E-state index contributed by atoms with van der Waals surface area (Å²) in [5.74, 6) is 0. The predicted molar refractivity (Wildman–Crippen MR) is 82.7 cm³/mol. The van der Waals surface area contributed by atoms with Crippen LogP contribution in [0.1, 0.15) is 20.3 Å². The fraction of sp³-hybridized carbons (Fsp3) is 0.625. The molecule has 1 fully saturated rings. The van der Waals surface area contributed by atoms with E-state index in [9.17, 15) is 0 Å². The zero-order valence-electron chi connectivity index (χ0n) is 12.5. The number of nitrogens with one attached hydrogen (secondary N) is 1. The number of para-hydroxylation sites is 1. The molecule has 1 aliphatic heterocycles. The van der Waals surface area contributed by atoms with Crippen molar-refractivity contribution in [3.05, 3.63) is 30.3 Å². The number of anilines is 1. The second-order valence-corrected chi connectivity index (χ2v) is 5.77. The quantitative estimate of drug-likeness (QED) is 0.822. The lowest BCUT2D eigenvalue weighted by molar-refractivity contribution is 0.0600. The van der Waals surface area contributed by atoms with Crippen LogP contribution in [0.2, 0.25) is 0 Å². The first-order valence-corrected chi connectivity index (χ1v) is 7.40. The van der Waals surface area contributed by atoms with Gasteiger partial charge in [0.15, 0.2) is 0 Å². The third kappa shape index (κ3) is 4.22. The molecule has 0 amide bonds. The molecule has 1 N–H and O–H groups in total. The molecule has 2 atom stereocenters. The molecule has 0 spiro atoms. The third-order valence-corrected chi connectivity index (χ3v) is 4.19. The third-order valence-electron chi connectivity index (χ3n) is 4.19. The molecule has 0 aliphatic carbocycles. The molecule has 0 saturated carbocycles. The number of rotatable bonds is 5. The van der Waals surface area contributed by atoms with Crippen LogP contribution in [0.15, 0.2) is 30.3 Å². The van der Waals surface area contributed by atoms with Gasteiger partial charge in [-0.2, -0.15) is 0 Å². The number of likely N-dealkylation sites (N-methyl/N-ethyl adjacent to an activating group) is 1. The van der Waals surface area contributed by atoms with Crippen LogP contribution in [0.4, 0.5) is 5.69 Å². The van der Waals surface area contributed by atoms with Gasteiger partial charge in [0.25, 0.3) is 0 Å². The van der Waals surface area contributed by atoms with Crippen LogP contribution in [-0.4, -0.2) is 55.1 Å². The number of benzene rings is 1. The summed E-state index contributed by atoms with van der Waals surface area (Å²) in [7, 11) is 2.24. The van der Waals surface area contributed by atoms with Gasteiger partial charge in [0.05, 0.1) is 0 Å². The van der Waals surface area contributed by atoms with Gasteiger partial charge >= 0.3 is 0 Å². The van der Waals surface area contributed by atoms with Gasteiger partial charge in [0.1, 0.15) is 0 Å². The van der Waals surface area contributed by atoms with E-state index in [1.807, 2.05) is 0 Å². The average Bonchev–Trinajstić information content (AvgIpc) is 2.42. The van der Waals surface area contributed by atoms with E-state index in [1.54, 1.807) is 0 Å². The molecule has 106 valence electrons. The molecule has 1 saturated heterocycles. The Bertz CT molecular complexity index is 354. The Kier molecular flexibility index (Phi) is 5.23. The minimum Gasteiger partial charge on any atom is -0.385 e. The maximum Gasteiger partial charge on any atom is 0.0340 e. The molecular weight excluding hydrogens is 234 g/mol. The Hall–Kier alpha value is -1.06. The summed E-state index contributed by atoms with van der Waals surface area (Å²) in [4.78, 5) is 5.08. The fourth-order valence-electron chi connectivity index (χ4n) is 2.79. The number of hydrogen-bond donors (Lipinski definition) is 1. The van der Waals surface area contributed by atoms with Crippen LogP contribution < -0.4 is 5.32 Å². The van der Waals surface area contributed by atoms with Gasteiger partial charge < -0.3 is 10.2 Å². The number of hydrogen-bond acceptors (Lipinski definition) is 3. The first-order chi connectivity index (χ1) is 9.16. The molecule has 19 heavy (non-hydrogen) atoms. The van der Waals surface area contributed by atoms with Crippen LogP contribution in [0, 0.1) is 0 Å². The highest BCUT2D eigenvalue weighted by Gasteiger charge is 2.25. The molecular formula is C16H27N3. The molecule has 1 aromatic carbocycles. The van der Waals surface area contributed by atoms with E-state index >= 15 is 0 Å². The molecule has 1 aliphatic rings. The lowest BCUT2D eigenvalue weighted by Gasteiger charge is -2.42. The van der Waals surface area contributed by atoms with Gasteiger partial charge in [0, 0.05) is 37.4 Å². The fourth-order valence-corrected chi connectivity index (χ4v) is 2.79. The van der Waals surface area contributed by atoms with Crippen molar-refractivity contribution in [2.24, 2.45) is 0 Å². The number of piperazine rings is 1. The van der Waals surface area contributed by atoms with Crippen LogP contribution in [0.25, 0.3) is 0 Å². The molecule has 2 unspecified atom stereocenters. The molecule has 1 aromatic rings. The van der Waals surface area contributed by atoms with Crippen molar-refractivity contribution in [1.29, 1.82) is 0 Å². The lowest BCUT2D eigenvalue weighted by Crippen LogP contribution is -2.55. The maximum absolute atomic E-state index is 3.48. The van der Waals surface area contributed by atoms with Crippen LogP contribution >= 0.6 is 0 Å². The lowest BCUT2D eigenvalue weighted by atomic mass is 10.1. The highest BCUT2D eigenvalue weighted by Crippen LogP contribution is 2.13. The largest absolute Gasteiger partial charge is 0.385 e. The van der Waals surface area contributed by atoms with Gasteiger partial charge in [-0.25, -0.2) is 0 Å². The van der Waals surface area contributed by atoms with Gasteiger partial charge in [-0.3, -0.25) is 4.90 Å². The Morgan fingerprint density at radius 3 is 2.37 bits per heavy atom. The standard InChI is InChI=1S/C16H27N3/c1-14-12-19(13-15(2)18(14)3)11-7-10-17-16-8-5-4-6-9-16/h4-6,8-9,14-15,17H,7,10-13H2,1-3H3. The van der Waals surface area contributed by atoms with Crippen LogP contribution in [0.3, 0.4) is 0 Å². The maximum atomic E-state index is 3.48. The minimum atomic E-state index is 0.672. The normalized spacial score (nSPS) is 25.4. The zero-order chi connectivity index (χ0) is 13.7. The highest BCUT2D eigenvalue weighted by molar-refractivity contribution is 5.42. The number of nitrogens with zero attached hydrogens (tertiary/aromatic N) is 2. The van der Waals surface area contributed by atoms with Gasteiger partial charge in [0.2, 0.25) is 0 Å². The summed E-state index contributed by atoms with van der Waals surface area (Å²) in [6.07, 6.45) is 1.21. The highest BCUT2D eigenvalue weighted by atomic mass is 15.3. The molecule has 3 heteroatoms. The monoisotopic (exact) mass is 261 g/mol. The van der Waals surface area contributed by atoms with Crippen molar-refractivity contribution < 1.29 is 0 Å². The molecule has 0 aromatic heterocycles. The van der Waals surface area contributed by atoms with Crippen LogP contribution in [-0.2, 0) is 0 Å². The van der Waals surface area contributed by atoms with E-state index in [1.165, 1.54) is 31.7 Å². The summed E-state index contributed by atoms with van der Waals surface area (Å²) in [6, 6.07) is 11.8. The smallest absolute Gasteiger partial charge is 0.0340 e. The summed E-state index contributed by atoms with van der Waals surface area (Å²) < 4.78 is 0. The topological polar surface area (TPSA) is 18.5 Å². The SMILES string of the molecule is CC1CN(CCCNc2ccccc2)CC(C)N1C. The summed E-state index contributed by atoms with van der Waals surface area (Å²) in [5, 5.41) is 3.48. The van der Waals surface area contributed by atoms with Crippen molar-refractivity contribution in [3.8, 4) is 0 Å². The molecule has 2 rings (SSSR count). The Labute approximate surface area is 117 Å². The van der Waals surface area contributed by atoms with Crippen molar-refractivity contribution in [1.82, 2.24) is 9.80 Å². The van der Waals surface area contributed by atoms with Gasteiger partial charge in [-0.05, 0) is 46.0 Å². The first-order valence-electron chi connectivity index (χ1n) is 7.40. The van der Waals surface area contributed by atoms with Crippen molar-refractivity contribution in [3.63, 3.8) is 0 Å². The van der Waals surface area contributed by atoms with E-state index in [0.29, 0.717) is 12.1 Å².